The summed E-state index contributed by atoms with van der Waals surface area (Å²) in [5.74, 6) is 0. The van der Waals surface area contributed by atoms with Gasteiger partial charge in [-0.25, -0.2) is 0 Å². The van der Waals surface area contributed by atoms with Gasteiger partial charge in [0.05, 0.1) is 11.6 Å². The molecule has 1 saturated carbocycles. The molecule has 4 nitrogen and oxygen atoms in total. The molecule has 2 atom stereocenters. The fraction of sp³-hybridized carbons (Fsp3) is 0.438. The van der Waals surface area contributed by atoms with Gasteiger partial charge < -0.3 is 14.6 Å². The molecule has 106 valence electrons. The molecule has 0 radical (unpaired) electrons. The minimum atomic E-state index is 0.0208. The van der Waals surface area contributed by atoms with Crippen molar-refractivity contribution in [1.29, 1.82) is 0 Å². The molecular formula is C16H20N2O2. The number of aromatic nitrogens is 1. The molecule has 20 heavy (non-hydrogen) atoms. The van der Waals surface area contributed by atoms with E-state index in [4.69, 9.17) is 4.74 Å². The summed E-state index contributed by atoms with van der Waals surface area (Å²) in [4.78, 5) is 12.0. The van der Waals surface area contributed by atoms with Crippen molar-refractivity contribution in [1.82, 2.24) is 4.57 Å². The number of aryl methyl sites for hydroxylation is 1. The predicted octanol–water partition coefficient (Wildman–Crippen LogP) is 2.52. The zero-order valence-corrected chi connectivity index (χ0v) is 11.9. The molecule has 2 aromatic rings. The number of ether oxygens (including phenoxy) is 1. The van der Waals surface area contributed by atoms with Crippen LogP contribution in [-0.2, 0) is 11.8 Å². The summed E-state index contributed by atoms with van der Waals surface area (Å²) in [6, 6.07) is 10.1. The Morgan fingerprint density at radius 1 is 1.30 bits per heavy atom. The minimum absolute atomic E-state index is 0.0208. The Labute approximate surface area is 118 Å². The number of hydrogen-bond acceptors (Lipinski definition) is 3. The Kier molecular flexibility index (Phi) is 3.49. The van der Waals surface area contributed by atoms with Gasteiger partial charge in [0.25, 0.3) is 5.56 Å². The topological polar surface area (TPSA) is 43.3 Å². The van der Waals surface area contributed by atoms with E-state index in [1.165, 1.54) is 0 Å². The van der Waals surface area contributed by atoms with Crippen LogP contribution in [0.15, 0.2) is 35.1 Å². The van der Waals surface area contributed by atoms with Crippen LogP contribution in [0.2, 0.25) is 0 Å². The van der Waals surface area contributed by atoms with Crippen molar-refractivity contribution < 1.29 is 4.74 Å². The van der Waals surface area contributed by atoms with E-state index in [-0.39, 0.29) is 5.56 Å². The number of pyridine rings is 1. The van der Waals surface area contributed by atoms with Gasteiger partial charge in [0.2, 0.25) is 0 Å². The standard InChI is InChI=1S/C16H20N2O2/c1-18-15-6-4-3-5-13(15)14(10-16(18)19)17-11-7-8-12(9-11)20-2/h3-6,10-12,17H,7-9H2,1-2H3. The summed E-state index contributed by atoms with van der Waals surface area (Å²) in [5.41, 5.74) is 1.92. The molecular weight excluding hydrogens is 252 g/mol. The highest BCUT2D eigenvalue weighted by atomic mass is 16.5. The first-order chi connectivity index (χ1) is 9.69. The van der Waals surface area contributed by atoms with Gasteiger partial charge in [-0.15, -0.1) is 0 Å². The molecule has 0 amide bonds. The van der Waals surface area contributed by atoms with Crippen LogP contribution in [0.4, 0.5) is 5.69 Å². The highest BCUT2D eigenvalue weighted by molar-refractivity contribution is 5.91. The van der Waals surface area contributed by atoms with Gasteiger partial charge in [-0.1, -0.05) is 18.2 Å². The van der Waals surface area contributed by atoms with Crippen molar-refractivity contribution in [3.63, 3.8) is 0 Å². The van der Waals surface area contributed by atoms with Gasteiger partial charge in [-0.3, -0.25) is 4.79 Å². The maximum atomic E-state index is 12.0. The molecule has 0 saturated heterocycles. The van der Waals surface area contributed by atoms with Crippen molar-refractivity contribution in [3.8, 4) is 0 Å². The van der Waals surface area contributed by atoms with E-state index in [9.17, 15) is 4.79 Å². The second-order valence-corrected chi connectivity index (χ2v) is 5.48. The summed E-state index contributed by atoms with van der Waals surface area (Å²) >= 11 is 0. The van der Waals surface area contributed by atoms with Crippen LogP contribution < -0.4 is 10.9 Å². The van der Waals surface area contributed by atoms with Crippen LogP contribution in [0, 0.1) is 0 Å². The highest BCUT2D eigenvalue weighted by Crippen LogP contribution is 2.27. The number of para-hydroxylation sites is 1. The first-order valence-electron chi connectivity index (χ1n) is 7.07. The molecule has 1 aromatic heterocycles. The number of benzene rings is 1. The van der Waals surface area contributed by atoms with Crippen molar-refractivity contribution in [3.05, 3.63) is 40.7 Å². The first-order valence-corrected chi connectivity index (χ1v) is 7.07. The van der Waals surface area contributed by atoms with E-state index in [0.717, 1.165) is 35.9 Å². The Hall–Kier alpha value is -1.81. The fourth-order valence-corrected chi connectivity index (χ4v) is 3.04. The van der Waals surface area contributed by atoms with Gasteiger partial charge in [-0.05, 0) is 25.3 Å². The largest absolute Gasteiger partial charge is 0.382 e. The lowest BCUT2D eigenvalue weighted by molar-refractivity contribution is 0.108. The van der Waals surface area contributed by atoms with Gasteiger partial charge in [0, 0.05) is 37.3 Å². The maximum absolute atomic E-state index is 12.0. The summed E-state index contributed by atoms with van der Waals surface area (Å²) < 4.78 is 7.09. The summed E-state index contributed by atoms with van der Waals surface area (Å²) in [5, 5.41) is 4.62. The normalized spacial score (nSPS) is 22.3. The van der Waals surface area contributed by atoms with Crippen molar-refractivity contribution >= 4 is 16.6 Å². The average Bonchev–Trinajstić information content (AvgIpc) is 2.92. The Morgan fingerprint density at radius 3 is 2.85 bits per heavy atom. The first kappa shape index (κ1) is 13.2. The van der Waals surface area contributed by atoms with Crippen LogP contribution in [-0.4, -0.2) is 23.8 Å². The van der Waals surface area contributed by atoms with E-state index in [2.05, 4.69) is 11.4 Å². The van der Waals surface area contributed by atoms with Crippen LogP contribution >= 0.6 is 0 Å². The summed E-state index contributed by atoms with van der Waals surface area (Å²) in [6.07, 6.45) is 3.50. The lowest BCUT2D eigenvalue weighted by atomic mass is 10.1. The van der Waals surface area contributed by atoms with Gasteiger partial charge >= 0.3 is 0 Å². The molecule has 1 fully saturated rings. The van der Waals surface area contributed by atoms with Crippen LogP contribution in [0.5, 0.6) is 0 Å². The summed E-state index contributed by atoms with van der Waals surface area (Å²) in [7, 11) is 3.58. The number of anilines is 1. The van der Waals surface area contributed by atoms with E-state index in [1.807, 2.05) is 25.2 Å². The number of nitrogens with zero attached hydrogens (tertiary/aromatic N) is 1. The number of methoxy groups -OCH3 is 1. The van der Waals surface area contributed by atoms with E-state index >= 15 is 0 Å². The second-order valence-electron chi connectivity index (χ2n) is 5.48. The molecule has 2 unspecified atom stereocenters. The number of hydrogen-bond donors (Lipinski definition) is 1. The zero-order chi connectivity index (χ0) is 14.1. The van der Waals surface area contributed by atoms with Crippen molar-refractivity contribution in [2.45, 2.75) is 31.4 Å². The molecule has 0 spiro atoms. The minimum Gasteiger partial charge on any atom is -0.382 e. The average molecular weight is 272 g/mol. The lowest BCUT2D eigenvalue weighted by Crippen LogP contribution is -2.21. The highest BCUT2D eigenvalue weighted by Gasteiger charge is 2.24. The maximum Gasteiger partial charge on any atom is 0.252 e. The molecule has 0 bridgehead atoms. The fourth-order valence-electron chi connectivity index (χ4n) is 3.04. The van der Waals surface area contributed by atoms with Crippen molar-refractivity contribution in [2.24, 2.45) is 7.05 Å². The van der Waals surface area contributed by atoms with E-state index in [0.29, 0.717) is 12.1 Å². The third-order valence-electron chi connectivity index (χ3n) is 4.23. The van der Waals surface area contributed by atoms with Gasteiger partial charge in [0.1, 0.15) is 0 Å². The monoisotopic (exact) mass is 272 g/mol. The second kappa shape index (κ2) is 5.29. The zero-order valence-electron chi connectivity index (χ0n) is 11.9. The number of rotatable bonds is 3. The smallest absolute Gasteiger partial charge is 0.252 e. The molecule has 1 heterocycles. The molecule has 1 aliphatic rings. The molecule has 0 aliphatic heterocycles. The molecule has 4 heteroatoms. The molecule has 1 N–H and O–H groups in total. The van der Waals surface area contributed by atoms with Gasteiger partial charge in [-0.2, -0.15) is 0 Å². The SMILES string of the molecule is COC1CCC(Nc2cc(=O)n(C)c3ccccc23)C1. The third kappa shape index (κ3) is 2.31. The van der Waals surface area contributed by atoms with E-state index < -0.39 is 0 Å². The van der Waals surface area contributed by atoms with Crippen LogP contribution in [0.3, 0.4) is 0 Å². The van der Waals surface area contributed by atoms with Crippen LogP contribution in [0.25, 0.3) is 10.9 Å². The molecule has 3 rings (SSSR count). The third-order valence-corrected chi connectivity index (χ3v) is 4.23. The molecule has 1 aliphatic carbocycles. The Balaban J connectivity index is 1.96. The molecule has 1 aromatic carbocycles. The van der Waals surface area contributed by atoms with Crippen molar-refractivity contribution in [2.75, 3.05) is 12.4 Å². The van der Waals surface area contributed by atoms with Crippen LogP contribution in [0.1, 0.15) is 19.3 Å². The lowest BCUT2D eigenvalue weighted by Gasteiger charge is -2.17. The van der Waals surface area contributed by atoms with E-state index in [1.54, 1.807) is 17.7 Å². The Morgan fingerprint density at radius 2 is 2.10 bits per heavy atom. The number of nitrogens with one attached hydrogen (secondary N) is 1. The quantitative estimate of drug-likeness (QED) is 0.933. The Bertz CT molecular complexity index is 678. The number of fused-ring (bicyclic) bond motifs is 1. The van der Waals surface area contributed by atoms with Gasteiger partial charge in [0.15, 0.2) is 0 Å². The summed E-state index contributed by atoms with van der Waals surface area (Å²) in [6.45, 7) is 0. The predicted molar refractivity (Wildman–Crippen MR) is 81.2 cm³/mol.